The number of furan rings is 1. The molecule has 3 heterocycles. The van der Waals surface area contributed by atoms with Crippen molar-refractivity contribution < 1.29 is 18.9 Å². The van der Waals surface area contributed by atoms with Gasteiger partial charge >= 0.3 is 5.88 Å². The molecule has 10 nitrogen and oxygen atoms in total. The first-order valence-electron chi connectivity index (χ1n) is 8.67. The van der Waals surface area contributed by atoms with Crippen LogP contribution < -0.4 is 10.1 Å². The molecular formula is C19H15N5O5S. The van der Waals surface area contributed by atoms with Crippen LogP contribution in [0.5, 0.6) is 5.75 Å². The number of benzene rings is 1. The molecule has 0 atom stereocenters. The van der Waals surface area contributed by atoms with Crippen molar-refractivity contribution in [1.82, 2.24) is 14.8 Å². The van der Waals surface area contributed by atoms with Gasteiger partial charge in [0.25, 0.3) is 5.91 Å². The highest BCUT2D eigenvalue weighted by atomic mass is 32.1. The van der Waals surface area contributed by atoms with Crippen molar-refractivity contribution in [3.8, 4) is 22.1 Å². The molecule has 0 aliphatic heterocycles. The molecule has 1 N–H and O–H groups in total. The molecule has 0 aliphatic rings. The van der Waals surface area contributed by atoms with Crippen molar-refractivity contribution in [2.45, 2.75) is 6.92 Å². The van der Waals surface area contributed by atoms with Crippen molar-refractivity contribution in [3.63, 3.8) is 0 Å². The Morgan fingerprint density at radius 3 is 2.87 bits per heavy atom. The minimum Gasteiger partial charge on any atom is -0.497 e. The zero-order valence-electron chi connectivity index (χ0n) is 15.9. The number of aromatic nitrogens is 3. The summed E-state index contributed by atoms with van der Waals surface area (Å²) in [6, 6.07) is 11.5. The summed E-state index contributed by atoms with van der Waals surface area (Å²) in [5.74, 6) is -0.231. The number of amides is 1. The number of carbonyl (C=O) groups is 1. The minimum absolute atomic E-state index is 0.177. The first-order chi connectivity index (χ1) is 14.4. The maximum Gasteiger partial charge on any atom is 0.433 e. The molecule has 0 aliphatic carbocycles. The second-order valence-corrected chi connectivity index (χ2v) is 7.02. The van der Waals surface area contributed by atoms with Crippen LogP contribution in [0.3, 0.4) is 0 Å². The largest absolute Gasteiger partial charge is 0.497 e. The third kappa shape index (κ3) is 3.78. The molecule has 0 radical (unpaired) electrons. The van der Waals surface area contributed by atoms with Gasteiger partial charge in [-0.1, -0.05) is 12.1 Å². The first kappa shape index (κ1) is 19.3. The third-order valence-corrected chi connectivity index (χ3v) is 4.92. The lowest BCUT2D eigenvalue weighted by Crippen LogP contribution is -2.14. The van der Waals surface area contributed by atoms with Crippen LogP contribution in [0.2, 0.25) is 0 Å². The summed E-state index contributed by atoms with van der Waals surface area (Å²) < 4.78 is 11.7. The van der Waals surface area contributed by atoms with Gasteiger partial charge in [0.2, 0.25) is 5.13 Å². The lowest BCUT2D eigenvalue weighted by atomic mass is 10.2. The summed E-state index contributed by atoms with van der Waals surface area (Å²) in [5.41, 5.74) is 2.28. The highest BCUT2D eigenvalue weighted by Gasteiger charge is 2.20. The zero-order chi connectivity index (χ0) is 21.3. The van der Waals surface area contributed by atoms with Gasteiger partial charge in [0.05, 0.1) is 24.6 Å². The Morgan fingerprint density at radius 1 is 1.30 bits per heavy atom. The molecule has 30 heavy (non-hydrogen) atoms. The molecule has 1 aromatic carbocycles. The van der Waals surface area contributed by atoms with Crippen LogP contribution in [-0.2, 0) is 0 Å². The van der Waals surface area contributed by atoms with Crippen molar-refractivity contribution >= 4 is 28.9 Å². The Morgan fingerprint density at radius 2 is 2.13 bits per heavy atom. The van der Waals surface area contributed by atoms with Gasteiger partial charge in [-0.05, 0) is 25.1 Å². The molecule has 0 unspecified atom stereocenters. The molecule has 0 saturated heterocycles. The van der Waals surface area contributed by atoms with E-state index in [1.807, 2.05) is 29.6 Å². The Hall–Kier alpha value is -3.99. The normalized spacial score (nSPS) is 10.7. The minimum atomic E-state index is -0.707. The SMILES string of the molecule is COc1cccc(-c2csc(-n3nc(C)cc3NC(=O)c3ccc([N+](=O)[O-])o3)n2)c1. The Labute approximate surface area is 173 Å². The van der Waals surface area contributed by atoms with Gasteiger partial charge < -0.3 is 14.5 Å². The van der Waals surface area contributed by atoms with E-state index in [9.17, 15) is 14.9 Å². The van der Waals surface area contributed by atoms with E-state index in [1.54, 1.807) is 20.1 Å². The third-order valence-electron chi connectivity index (χ3n) is 4.11. The average molecular weight is 425 g/mol. The molecule has 0 spiro atoms. The quantitative estimate of drug-likeness (QED) is 0.365. The van der Waals surface area contributed by atoms with Gasteiger partial charge in [-0.2, -0.15) is 9.78 Å². The highest BCUT2D eigenvalue weighted by Crippen LogP contribution is 2.28. The van der Waals surface area contributed by atoms with Gasteiger partial charge in [0.1, 0.15) is 16.5 Å². The molecule has 0 fully saturated rings. The van der Waals surface area contributed by atoms with E-state index < -0.39 is 16.7 Å². The van der Waals surface area contributed by atoms with E-state index in [0.29, 0.717) is 16.6 Å². The number of nitrogens with zero attached hydrogens (tertiary/aromatic N) is 4. The standard InChI is InChI=1S/C19H15N5O5S/c1-11-8-16(21-18(25)15-6-7-17(29-15)24(26)27)23(22-11)19-20-14(10-30-19)12-4-3-5-13(9-12)28-2/h3-10H,1-2H3,(H,21,25). The van der Waals surface area contributed by atoms with E-state index in [2.05, 4.69) is 15.4 Å². The number of hydrogen-bond donors (Lipinski definition) is 1. The molecule has 4 rings (SSSR count). The fraction of sp³-hybridized carbons (Fsp3) is 0.105. The lowest BCUT2D eigenvalue weighted by Gasteiger charge is -2.05. The van der Waals surface area contributed by atoms with Crippen LogP contribution in [0.15, 0.2) is 52.3 Å². The second-order valence-electron chi connectivity index (χ2n) is 6.18. The number of anilines is 1. The number of ether oxygens (including phenoxy) is 1. The van der Waals surface area contributed by atoms with Crippen molar-refractivity contribution in [2.24, 2.45) is 0 Å². The van der Waals surface area contributed by atoms with Crippen molar-refractivity contribution in [3.05, 3.63) is 69.4 Å². The Balaban J connectivity index is 1.61. The smallest absolute Gasteiger partial charge is 0.433 e. The Bertz CT molecular complexity index is 1240. The summed E-state index contributed by atoms with van der Waals surface area (Å²) in [6.07, 6.45) is 0. The molecule has 0 saturated carbocycles. The average Bonchev–Trinajstić information content (AvgIpc) is 3.47. The van der Waals surface area contributed by atoms with Gasteiger partial charge in [-0.3, -0.25) is 14.9 Å². The lowest BCUT2D eigenvalue weighted by molar-refractivity contribution is -0.402. The maximum absolute atomic E-state index is 12.4. The van der Waals surface area contributed by atoms with E-state index in [1.165, 1.54) is 22.1 Å². The van der Waals surface area contributed by atoms with Crippen molar-refractivity contribution in [2.75, 3.05) is 12.4 Å². The zero-order valence-corrected chi connectivity index (χ0v) is 16.7. The number of aryl methyl sites for hydroxylation is 1. The molecule has 4 aromatic rings. The number of nitrogens with one attached hydrogen (secondary N) is 1. The molecular weight excluding hydrogens is 410 g/mol. The van der Waals surface area contributed by atoms with Crippen LogP contribution in [0.1, 0.15) is 16.2 Å². The number of methoxy groups -OCH3 is 1. The number of carbonyl (C=O) groups excluding carboxylic acids is 1. The van der Waals surface area contributed by atoms with Crippen LogP contribution in [-0.4, -0.2) is 32.7 Å². The van der Waals surface area contributed by atoms with Crippen molar-refractivity contribution in [1.29, 1.82) is 0 Å². The predicted molar refractivity (Wildman–Crippen MR) is 109 cm³/mol. The van der Waals surface area contributed by atoms with E-state index >= 15 is 0 Å². The summed E-state index contributed by atoms with van der Waals surface area (Å²) >= 11 is 1.35. The summed E-state index contributed by atoms with van der Waals surface area (Å²) in [7, 11) is 1.60. The number of hydrogen-bond acceptors (Lipinski definition) is 8. The summed E-state index contributed by atoms with van der Waals surface area (Å²) in [5, 5.41) is 20.2. The molecule has 1 amide bonds. The topological polar surface area (TPSA) is 125 Å². The van der Waals surface area contributed by atoms with Gasteiger partial charge in [0.15, 0.2) is 5.76 Å². The maximum atomic E-state index is 12.4. The molecule has 0 bridgehead atoms. The number of rotatable bonds is 6. The van der Waals surface area contributed by atoms with Gasteiger partial charge in [-0.25, -0.2) is 4.98 Å². The summed E-state index contributed by atoms with van der Waals surface area (Å²) in [6.45, 7) is 1.78. The van der Waals surface area contributed by atoms with E-state index in [0.717, 1.165) is 23.1 Å². The van der Waals surface area contributed by atoms with E-state index in [-0.39, 0.29) is 5.76 Å². The Kier molecular flexibility index (Phi) is 5.02. The predicted octanol–water partition coefficient (Wildman–Crippen LogP) is 4.07. The fourth-order valence-corrected chi connectivity index (χ4v) is 3.53. The van der Waals surface area contributed by atoms with Gasteiger partial charge in [0, 0.05) is 17.0 Å². The van der Waals surface area contributed by atoms with Crippen LogP contribution in [0, 0.1) is 17.0 Å². The molecule has 152 valence electrons. The van der Waals surface area contributed by atoms with Crippen LogP contribution in [0.4, 0.5) is 11.7 Å². The van der Waals surface area contributed by atoms with E-state index in [4.69, 9.17) is 9.15 Å². The molecule has 3 aromatic heterocycles. The van der Waals surface area contributed by atoms with Gasteiger partial charge in [-0.15, -0.1) is 11.3 Å². The van der Waals surface area contributed by atoms with Crippen LogP contribution in [0.25, 0.3) is 16.4 Å². The van der Waals surface area contributed by atoms with Crippen LogP contribution >= 0.6 is 11.3 Å². The second kappa shape index (κ2) is 7.79. The fourth-order valence-electron chi connectivity index (χ4n) is 2.74. The summed E-state index contributed by atoms with van der Waals surface area (Å²) in [4.78, 5) is 27.1. The monoisotopic (exact) mass is 425 g/mol. The highest BCUT2D eigenvalue weighted by molar-refractivity contribution is 7.12. The number of nitro groups is 1. The first-order valence-corrected chi connectivity index (χ1v) is 9.55. The number of thiazole rings is 1. The molecule has 11 heteroatoms.